The lowest BCUT2D eigenvalue weighted by molar-refractivity contribution is 0.0478. The van der Waals surface area contributed by atoms with Crippen LogP contribution in [0.25, 0.3) is 0 Å². The Kier molecular flexibility index (Phi) is 6.17. The topological polar surface area (TPSA) is 56.5 Å². The van der Waals surface area contributed by atoms with Crippen molar-refractivity contribution in [1.82, 2.24) is 5.43 Å². The summed E-state index contributed by atoms with van der Waals surface area (Å²) in [5, 5.41) is 0. The van der Waals surface area contributed by atoms with Crippen LogP contribution in [0.1, 0.15) is 32.6 Å². The molecule has 0 aromatic rings. The van der Waals surface area contributed by atoms with Crippen molar-refractivity contribution in [3.05, 3.63) is 0 Å². The van der Waals surface area contributed by atoms with Gasteiger partial charge in [-0.2, -0.15) is 0 Å². The number of methoxy groups -OCH3 is 1. The lowest BCUT2D eigenvalue weighted by Crippen LogP contribution is -2.43. The number of hydrogen-bond donors (Lipinski definition) is 2. The van der Waals surface area contributed by atoms with Crippen LogP contribution in [0.2, 0.25) is 0 Å². The summed E-state index contributed by atoms with van der Waals surface area (Å²) < 4.78 is 10.6. The molecule has 0 bridgehead atoms. The average molecular weight is 216 g/mol. The van der Waals surface area contributed by atoms with Gasteiger partial charge >= 0.3 is 0 Å². The molecule has 15 heavy (non-hydrogen) atoms. The van der Waals surface area contributed by atoms with Gasteiger partial charge in [-0.05, 0) is 38.5 Å². The highest BCUT2D eigenvalue weighted by molar-refractivity contribution is 4.77. The van der Waals surface area contributed by atoms with E-state index in [0.717, 1.165) is 38.9 Å². The highest BCUT2D eigenvalue weighted by Gasteiger charge is 2.23. The maximum Gasteiger partial charge on any atom is 0.0543 e. The zero-order valence-corrected chi connectivity index (χ0v) is 9.87. The molecule has 0 radical (unpaired) electrons. The summed E-state index contributed by atoms with van der Waals surface area (Å²) in [5.41, 5.74) is 2.94. The van der Waals surface area contributed by atoms with Crippen LogP contribution >= 0.6 is 0 Å². The lowest BCUT2D eigenvalue weighted by Gasteiger charge is -2.30. The van der Waals surface area contributed by atoms with E-state index in [-0.39, 0.29) is 0 Å². The van der Waals surface area contributed by atoms with E-state index in [9.17, 15) is 0 Å². The van der Waals surface area contributed by atoms with Gasteiger partial charge in [-0.3, -0.25) is 11.3 Å². The van der Waals surface area contributed by atoms with Crippen molar-refractivity contribution in [2.24, 2.45) is 11.8 Å². The molecule has 0 aromatic carbocycles. The van der Waals surface area contributed by atoms with Crippen LogP contribution in [-0.2, 0) is 9.47 Å². The Bertz CT molecular complexity index is 161. The van der Waals surface area contributed by atoms with Crippen molar-refractivity contribution in [2.75, 3.05) is 20.3 Å². The Balaban J connectivity index is 2.27. The number of nitrogens with two attached hydrogens (primary N) is 1. The minimum absolute atomic E-state index is 0.320. The van der Waals surface area contributed by atoms with Gasteiger partial charge in [0.25, 0.3) is 0 Å². The van der Waals surface area contributed by atoms with Crippen LogP contribution in [0, 0.1) is 5.92 Å². The number of rotatable bonds is 6. The summed E-state index contributed by atoms with van der Waals surface area (Å²) in [6.07, 6.45) is 4.70. The fourth-order valence-corrected chi connectivity index (χ4v) is 2.11. The molecule has 2 unspecified atom stereocenters. The van der Waals surface area contributed by atoms with E-state index in [4.69, 9.17) is 15.3 Å². The Morgan fingerprint density at radius 3 is 2.60 bits per heavy atom. The van der Waals surface area contributed by atoms with Crippen molar-refractivity contribution in [3.63, 3.8) is 0 Å². The summed E-state index contributed by atoms with van der Waals surface area (Å²) in [5.74, 6) is 6.26. The zero-order valence-electron chi connectivity index (χ0n) is 9.87. The molecular formula is C11H24N2O2. The summed E-state index contributed by atoms with van der Waals surface area (Å²) >= 11 is 0. The molecule has 0 spiro atoms. The fourth-order valence-electron chi connectivity index (χ4n) is 2.11. The van der Waals surface area contributed by atoms with Crippen LogP contribution in [0.3, 0.4) is 0 Å². The maximum absolute atomic E-state index is 5.60. The van der Waals surface area contributed by atoms with E-state index in [1.54, 1.807) is 7.11 Å². The minimum atomic E-state index is 0.320. The number of hydrazine groups is 1. The summed E-state index contributed by atoms with van der Waals surface area (Å²) in [7, 11) is 1.75. The Morgan fingerprint density at radius 2 is 2.07 bits per heavy atom. The zero-order chi connectivity index (χ0) is 11.1. The van der Waals surface area contributed by atoms with Crippen LogP contribution in [0.15, 0.2) is 0 Å². The molecule has 0 saturated carbocycles. The molecule has 0 aliphatic carbocycles. The first-order valence-corrected chi connectivity index (χ1v) is 5.84. The second-order valence-electron chi connectivity index (χ2n) is 4.35. The first kappa shape index (κ1) is 12.9. The molecule has 2 atom stereocenters. The van der Waals surface area contributed by atoms with Crippen LogP contribution in [0.5, 0.6) is 0 Å². The van der Waals surface area contributed by atoms with Gasteiger partial charge in [-0.25, -0.2) is 0 Å². The first-order valence-electron chi connectivity index (χ1n) is 5.84. The largest absolute Gasteiger partial charge is 0.382 e. The Morgan fingerprint density at radius 1 is 1.40 bits per heavy atom. The van der Waals surface area contributed by atoms with Crippen LogP contribution in [0.4, 0.5) is 0 Å². The molecule has 90 valence electrons. The third-order valence-corrected chi connectivity index (χ3v) is 3.34. The van der Waals surface area contributed by atoms with Gasteiger partial charge in [0.1, 0.15) is 0 Å². The molecule has 0 amide bonds. The first-order chi connectivity index (χ1) is 7.27. The summed E-state index contributed by atoms with van der Waals surface area (Å²) in [4.78, 5) is 0. The molecule has 4 heteroatoms. The van der Waals surface area contributed by atoms with Gasteiger partial charge in [0.05, 0.1) is 6.10 Å². The SMILES string of the molecule is COC(C)CCC(NN)C1CCOCC1. The number of ether oxygens (including phenoxy) is 2. The number of nitrogens with one attached hydrogen (secondary N) is 1. The Labute approximate surface area is 92.5 Å². The van der Waals surface area contributed by atoms with E-state index in [0.29, 0.717) is 18.1 Å². The fraction of sp³-hybridized carbons (Fsp3) is 1.00. The molecule has 1 aliphatic rings. The van der Waals surface area contributed by atoms with Crippen molar-refractivity contribution < 1.29 is 9.47 Å². The van der Waals surface area contributed by atoms with Gasteiger partial charge in [0, 0.05) is 26.4 Å². The van der Waals surface area contributed by atoms with E-state index >= 15 is 0 Å². The maximum atomic E-state index is 5.60. The standard InChI is InChI=1S/C11H24N2O2/c1-9(14-2)3-4-11(13-12)10-5-7-15-8-6-10/h9-11,13H,3-8,12H2,1-2H3. The highest BCUT2D eigenvalue weighted by Crippen LogP contribution is 2.21. The molecule has 1 aliphatic heterocycles. The molecule has 1 fully saturated rings. The second-order valence-corrected chi connectivity index (χ2v) is 4.35. The van der Waals surface area contributed by atoms with E-state index < -0.39 is 0 Å². The summed E-state index contributed by atoms with van der Waals surface area (Å²) in [6.45, 7) is 3.85. The van der Waals surface area contributed by atoms with Gasteiger partial charge in [0.2, 0.25) is 0 Å². The van der Waals surface area contributed by atoms with Gasteiger partial charge in [-0.15, -0.1) is 0 Å². The highest BCUT2D eigenvalue weighted by atomic mass is 16.5. The van der Waals surface area contributed by atoms with Gasteiger partial charge < -0.3 is 9.47 Å². The molecule has 1 saturated heterocycles. The smallest absolute Gasteiger partial charge is 0.0543 e. The predicted octanol–water partition coefficient (Wildman–Crippen LogP) is 1.06. The molecule has 4 nitrogen and oxygen atoms in total. The number of hydrogen-bond acceptors (Lipinski definition) is 4. The summed E-state index contributed by atoms with van der Waals surface area (Å²) in [6, 6.07) is 0.409. The monoisotopic (exact) mass is 216 g/mol. The van der Waals surface area contributed by atoms with E-state index in [1.807, 2.05) is 0 Å². The third-order valence-electron chi connectivity index (χ3n) is 3.34. The second kappa shape index (κ2) is 7.17. The third kappa shape index (κ3) is 4.47. The lowest BCUT2D eigenvalue weighted by atomic mass is 9.89. The molecule has 0 aromatic heterocycles. The van der Waals surface area contributed by atoms with E-state index in [1.165, 1.54) is 0 Å². The molecule has 1 rings (SSSR count). The average Bonchev–Trinajstić information content (AvgIpc) is 2.31. The minimum Gasteiger partial charge on any atom is -0.382 e. The molecular weight excluding hydrogens is 192 g/mol. The van der Waals surface area contributed by atoms with Crippen molar-refractivity contribution in [3.8, 4) is 0 Å². The van der Waals surface area contributed by atoms with Crippen molar-refractivity contribution >= 4 is 0 Å². The van der Waals surface area contributed by atoms with E-state index in [2.05, 4.69) is 12.3 Å². The molecule has 3 N–H and O–H groups in total. The normalized spacial score (nSPS) is 22.6. The Hall–Kier alpha value is -0.160. The van der Waals surface area contributed by atoms with Crippen molar-refractivity contribution in [2.45, 2.75) is 44.8 Å². The van der Waals surface area contributed by atoms with Crippen LogP contribution in [-0.4, -0.2) is 32.5 Å². The van der Waals surface area contributed by atoms with Gasteiger partial charge in [0.15, 0.2) is 0 Å². The molecule has 1 heterocycles. The predicted molar refractivity (Wildman–Crippen MR) is 60.4 cm³/mol. The quantitative estimate of drug-likeness (QED) is 0.515. The van der Waals surface area contributed by atoms with Crippen LogP contribution < -0.4 is 11.3 Å². The van der Waals surface area contributed by atoms with Gasteiger partial charge in [-0.1, -0.05) is 0 Å². The van der Waals surface area contributed by atoms with Crippen molar-refractivity contribution in [1.29, 1.82) is 0 Å².